The summed E-state index contributed by atoms with van der Waals surface area (Å²) < 4.78 is 23.1. The van der Waals surface area contributed by atoms with Crippen molar-refractivity contribution in [2.75, 3.05) is 0 Å². The molecule has 0 aromatic carbocycles. The fourth-order valence-electron chi connectivity index (χ4n) is 1.10. The molecule has 1 radical (unpaired) electrons. The Morgan fingerprint density at radius 2 is 1.62 bits per heavy atom. The standard InChI is InChI=1S/C5H9F2N/c6-8(7)5-3-1-2-4-5/h5H,1-4H2/q+1. The maximum atomic E-state index is 11.6. The molecule has 47 valence electrons. The molecule has 0 N–H and O–H groups in total. The lowest BCUT2D eigenvalue weighted by Gasteiger charge is -1.90. The smallest absolute Gasteiger partial charge is 0.0469 e. The first-order chi connectivity index (χ1) is 3.80. The third-order valence-electron chi connectivity index (χ3n) is 1.60. The Morgan fingerprint density at radius 1 is 1.12 bits per heavy atom. The van der Waals surface area contributed by atoms with E-state index < -0.39 is 11.4 Å². The van der Waals surface area contributed by atoms with Crippen LogP contribution in [0.1, 0.15) is 25.7 Å². The lowest BCUT2D eigenvalue weighted by Crippen LogP contribution is -2.21. The van der Waals surface area contributed by atoms with E-state index in [0.29, 0.717) is 12.8 Å². The molecule has 0 aliphatic heterocycles. The maximum Gasteiger partial charge on any atom is 0.271 e. The van der Waals surface area contributed by atoms with Gasteiger partial charge in [0, 0.05) is 12.8 Å². The first kappa shape index (κ1) is 5.95. The normalized spacial score (nSPS) is 22.9. The minimum atomic E-state index is -0.660. The van der Waals surface area contributed by atoms with Gasteiger partial charge in [-0.1, -0.05) is 0 Å². The Hall–Kier alpha value is -0.180. The van der Waals surface area contributed by atoms with Crippen LogP contribution < -0.4 is 5.34 Å². The van der Waals surface area contributed by atoms with Crippen LogP contribution in [0.15, 0.2) is 0 Å². The van der Waals surface area contributed by atoms with Gasteiger partial charge < -0.3 is 0 Å². The molecule has 1 fully saturated rings. The summed E-state index contributed by atoms with van der Waals surface area (Å²) >= 11 is 0. The van der Waals surface area contributed by atoms with Gasteiger partial charge in [0.25, 0.3) is 5.34 Å². The molecule has 3 heteroatoms. The highest BCUT2D eigenvalue weighted by Crippen LogP contribution is 2.21. The topological polar surface area (TPSA) is 5.90 Å². The number of hydrogen-bond donors (Lipinski definition) is 0. The van der Waals surface area contributed by atoms with E-state index >= 15 is 0 Å². The van der Waals surface area contributed by atoms with Crippen molar-refractivity contribution in [3.8, 4) is 0 Å². The van der Waals surface area contributed by atoms with Gasteiger partial charge in [0.05, 0.1) is 0 Å². The van der Waals surface area contributed by atoms with E-state index in [0.717, 1.165) is 12.8 Å². The summed E-state index contributed by atoms with van der Waals surface area (Å²) in [5, 5.41) is -0.660. The summed E-state index contributed by atoms with van der Waals surface area (Å²) in [7, 11) is 0. The van der Waals surface area contributed by atoms with Gasteiger partial charge in [0.2, 0.25) is 6.04 Å². The third kappa shape index (κ3) is 1.15. The molecule has 1 aliphatic rings. The largest absolute Gasteiger partial charge is 0.271 e. The average Bonchev–Trinajstić information content (AvgIpc) is 2.12. The van der Waals surface area contributed by atoms with Crippen LogP contribution in [0.5, 0.6) is 0 Å². The molecule has 1 saturated carbocycles. The van der Waals surface area contributed by atoms with Gasteiger partial charge >= 0.3 is 0 Å². The molecule has 0 bridgehead atoms. The second kappa shape index (κ2) is 2.40. The molecule has 1 rings (SSSR count). The summed E-state index contributed by atoms with van der Waals surface area (Å²) in [6.07, 6.45) is 3.28. The highest BCUT2D eigenvalue weighted by atomic mass is 19.4. The molecule has 8 heavy (non-hydrogen) atoms. The molecule has 0 heterocycles. The second-order valence-corrected chi connectivity index (χ2v) is 2.20. The van der Waals surface area contributed by atoms with Crippen molar-refractivity contribution in [2.24, 2.45) is 0 Å². The van der Waals surface area contributed by atoms with Gasteiger partial charge in [-0.15, -0.1) is 0 Å². The van der Waals surface area contributed by atoms with Crippen molar-refractivity contribution < 1.29 is 8.96 Å². The monoisotopic (exact) mass is 121 g/mol. The number of nitrogens with zero attached hydrogens (tertiary/aromatic N) is 1. The highest BCUT2D eigenvalue weighted by Gasteiger charge is 2.34. The van der Waals surface area contributed by atoms with Crippen molar-refractivity contribution in [1.29, 1.82) is 0 Å². The Balaban J connectivity index is 2.24. The molecule has 0 spiro atoms. The molecule has 0 atom stereocenters. The van der Waals surface area contributed by atoms with Crippen molar-refractivity contribution >= 4 is 0 Å². The average molecular weight is 121 g/mol. The van der Waals surface area contributed by atoms with Crippen LogP contribution in [0.4, 0.5) is 8.96 Å². The van der Waals surface area contributed by atoms with E-state index in [1.54, 1.807) is 0 Å². The zero-order valence-electron chi connectivity index (χ0n) is 4.61. The maximum absolute atomic E-state index is 11.6. The summed E-state index contributed by atoms with van der Waals surface area (Å²) in [4.78, 5) is 0. The van der Waals surface area contributed by atoms with Crippen molar-refractivity contribution in [2.45, 2.75) is 31.7 Å². The summed E-state index contributed by atoms with van der Waals surface area (Å²) in [5.74, 6) is 0. The molecule has 0 unspecified atom stereocenters. The summed E-state index contributed by atoms with van der Waals surface area (Å²) in [6.45, 7) is 0. The highest BCUT2D eigenvalue weighted by molar-refractivity contribution is 4.70. The number of halogens is 2. The predicted molar refractivity (Wildman–Crippen MR) is 26.6 cm³/mol. The van der Waals surface area contributed by atoms with Crippen molar-refractivity contribution in [3.05, 3.63) is 0 Å². The Morgan fingerprint density at radius 3 is 1.88 bits per heavy atom. The quantitative estimate of drug-likeness (QED) is 0.467. The lowest BCUT2D eigenvalue weighted by molar-refractivity contribution is -0.0733. The van der Waals surface area contributed by atoms with E-state index in [-0.39, 0.29) is 0 Å². The van der Waals surface area contributed by atoms with Crippen molar-refractivity contribution in [3.63, 3.8) is 0 Å². The van der Waals surface area contributed by atoms with E-state index in [9.17, 15) is 8.96 Å². The van der Waals surface area contributed by atoms with Gasteiger partial charge in [0.15, 0.2) is 0 Å². The minimum Gasteiger partial charge on any atom is -0.0469 e. The van der Waals surface area contributed by atoms with Crippen LogP contribution in [-0.4, -0.2) is 6.04 Å². The van der Waals surface area contributed by atoms with E-state index in [1.165, 1.54) is 0 Å². The zero-order chi connectivity index (χ0) is 5.98. The molecule has 1 aliphatic carbocycles. The van der Waals surface area contributed by atoms with Crippen LogP contribution in [0.25, 0.3) is 0 Å². The van der Waals surface area contributed by atoms with E-state index in [2.05, 4.69) is 0 Å². The van der Waals surface area contributed by atoms with Crippen molar-refractivity contribution in [1.82, 2.24) is 5.34 Å². The van der Waals surface area contributed by atoms with Crippen LogP contribution in [-0.2, 0) is 0 Å². The zero-order valence-corrected chi connectivity index (χ0v) is 4.61. The predicted octanol–water partition coefficient (Wildman–Crippen LogP) is 1.84. The lowest BCUT2D eigenvalue weighted by atomic mass is 10.3. The summed E-state index contributed by atoms with van der Waals surface area (Å²) in [5.41, 5.74) is 0. The van der Waals surface area contributed by atoms with Gasteiger partial charge in [-0.05, 0) is 12.8 Å². The molecule has 0 amide bonds. The number of rotatable bonds is 1. The van der Waals surface area contributed by atoms with E-state index in [4.69, 9.17) is 0 Å². The Bertz CT molecular complexity index is 68.8. The molecule has 0 saturated heterocycles. The molecular formula is C5H9F2N+. The molecule has 1 nitrogen and oxygen atoms in total. The van der Waals surface area contributed by atoms with Gasteiger partial charge in [-0.3, -0.25) is 0 Å². The first-order valence-electron chi connectivity index (χ1n) is 2.91. The van der Waals surface area contributed by atoms with Crippen LogP contribution >= 0.6 is 0 Å². The summed E-state index contributed by atoms with van der Waals surface area (Å²) in [6, 6.07) is -0.435. The second-order valence-electron chi connectivity index (χ2n) is 2.20. The van der Waals surface area contributed by atoms with E-state index in [1.807, 2.05) is 0 Å². The first-order valence-corrected chi connectivity index (χ1v) is 2.91. The van der Waals surface area contributed by atoms with Crippen LogP contribution in [0.2, 0.25) is 0 Å². The molecule has 0 aromatic rings. The Labute approximate surface area is 47.2 Å². The van der Waals surface area contributed by atoms with Gasteiger partial charge in [-0.2, -0.15) is 0 Å². The van der Waals surface area contributed by atoms with Gasteiger partial charge in [0.1, 0.15) is 8.96 Å². The SMILES string of the molecule is F[N+](F)C1CCCC1. The minimum absolute atomic E-state index is 0.435. The fraction of sp³-hybridized carbons (Fsp3) is 1.00. The van der Waals surface area contributed by atoms with Crippen LogP contribution in [0, 0.1) is 0 Å². The number of hydrogen-bond acceptors (Lipinski definition) is 1. The Kier molecular flexibility index (Phi) is 1.78. The third-order valence-corrected chi connectivity index (χ3v) is 1.60. The van der Waals surface area contributed by atoms with Crippen LogP contribution in [0.3, 0.4) is 0 Å². The molecule has 0 aromatic heterocycles. The fourth-order valence-corrected chi connectivity index (χ4v) is 1.10. The van der Waals surface area contributed by atoms with Gasteiger partial charge in [-0.25, -0.2) is 0 Å². The molecular weight excluding hydrogens is 112 g/mol.